The molecule has 36 heavy (non-hydrogen) atoms. The molecule has 1 fully saturated rings. The number of hydrogen-bond donors (Lipinski definition) is 0. The quantitative estimate of drug-likeness (QED) is 0.244. The van der Waals surface area contributed by atoms with Crippen LogP contribution in [-0.4, -0.2) is 33.1 Å². The van der Waals surface area contributed by atoms with Gasteiger partial charge in [0.15, 0.2) is 5.78 Å². The van der Waals surface area contributed by atoms with Gasteiger partial charge >= 0.3 is 18.0 Å². The van der Waals surface area contributed by atoms with Crippen LogP contribution >= 0.6 is 11.6 Å². The summed E-state index contributed by atoms with van der Waals surface area (Å²) in [5.41, 5.74) is -6.11. The molecule has 12 heteroatoms. The van der Waals surface area contributed by atoms with Gasteiger partial charge in [-0.1, -0.05) is 28.9 Å². The molecule has 0 spiro atoms. The zero-order valence-electron chi connectivity index (χ0n) is 18.9. The number of alkyl halides is 7. The van der Waals surface area contributed by atoms with Crippen molar-refractivity contribution in [3.05, 3.63) is 63.8 Å². The van der Waals surface area contributed by atoms with Crippen LogP contribution < -0.4 is 0 Å². The second-order valence-corrected chi connectivity index (χ2v) is 9.33. The number of Topliss-reactive ketones (excluding diaryl/α,β-unsaturated/α-hetero) is 1. The molecule has 2 aromatic carbocycles. The minimum atomic E-state index is -6.21. The molecule has 1 aliphatic rings. The first kappa shape index (κ1) is 26.1. The summed E-state index contributed by atoms with van der Waals surface area (Å²) in [6.07, 6.45) is -8.66. The molecule has 192 valence electrons. The van der Waals surface area contributed by atoms with Gasteiger partial charge < -0.3 is 0 Å². The molecule has 1 aliphatic carbocycles. The minimum absolute atomic E-state index is 0.0519. The van der Waals surface area contributed by atoms with E-state index in [2.05, 4.69) is 10.3 Å². The van der Waals surface area contributed by atoms with E-state index in [1.807, 2.05) is 0 Å². The predicted octanol–water partition coefficient (Wildman–Crippen LogP) is 7.48. The van der Waals surface area contributed by atoms with Crippen molar-refractivity contribution < 1.29 is 35.5 Å². The highest BCUT2D eigenvalue weighted by Gasteiger charge is 2.73. The molecule has 0 bridgehead atoms. The van der Waals surface area contributed by atoms with Gasteiger partial charge in [0, 0.05) is 23.1 Å². The Morgan fingerprint density at radius 2 is 1.58 bits per heavy atom. The molecule has 0 radical (unpaired) electrons. The van der Waals surface area contributed by atoms with Crippen molar-refractivity contribution in [3.63, 3.8) is 0 Å². The van der Waals surface area contributed by atoms with Crippen LogP contribution in [0.25, 0.3) is 16.9 Å². The fourth-order valence-corrected chi connectivity index (χ4v) is 4.35. The van der Waals surface area contributed by atoms with Crippen molar-refractivity contribution >= 4 is 17.4 Å². The molecular formula is C24H19ClF7N3O. The molecule has 0 aliphatic heterocycles. The van der Waals surface area contributed by atoms with Crippen molar-refractivity contribution in [1.29, 1.82) is 0 Å². The summed E-state index contributed by atoms with van der Waals surface area (Å²) in [5.74, 6) is 0.234. The standard InChI is InChI=1S/C24H19ClF7N3O/c1-12-7-15(22(26,23(27,28)29)24(30,31)32)8-13(2)21(12)19-11-35(34-33-19)16-5-6-18(25)17(10-16)20(36)9-14-3-4-14/h5-8,10-11,14H,3-4,9H2,1-2H3. The normalized spacial score (nSPS) is 14.8. The van der Waals surface area contributed by atoms with Gasteiger partial charge in [-0.05, 0) is 61.9 Å². The van der Waals surface area contributed by atoms with Crippen LogP contribution in [0.1, 0.15) is 46.3 Å². The first-order valence-corrected chi connectivity index (χ1v) is 11.2. The van der Waals surface area contributed by atoms with E-state index in [1.54, 1.807) is 12.1 Å². The SMILES string of the molecule is Cc1cc(C(F)(C(F)(F)F)C(F)(F)F)cc(C)c1-c1cn(-c2ccc(Cl)c(C(=O)CC3CC3)c2)nn1. The summed E-state index contributed by atoms with van der Waals surface area (Å²) in [5, 5.41) is 8.24. The third-order valence-corrected chi connectivity index (χ3v) is 6.48. The summed E-state index contributed by atoms with van der Waals surface area (Å²) in [6, 6.07) is 5.68. The van der Waals surface area contributed by atoms with Gasteiger partial charge in [-0.3, -0.25) is 4.79 Å². The van der Waals surface area contributed by atoms with Gasteiger partial charge in [0.1, 0.15) is 5.69 Å². The van der Waals surface area contributed by atoms with Gasteiger partial charge in [-0.25, -0.2) is 9.07 Å². The number of carbonyl (C=O) groups excluding carboxylic acids is 1. The van der Waals surface area contributed by atoms with E-state index < -0.39 is 23.6 Å². The maximum atomic E-state index is 14.6. The maximum Gasteiger partial charge on any atom is 0.435 e. The van der Waals surface area contributed by atoms with Crippen LogP contribution in [0.15, 0.2) is 36.5 Å². The van der Waals surface area contributed by atoms with Crippen molar-refractivity contribution in [2.24, 2.45) is 5.92 Å². The largest absolute Gasteiger partial charge is 0.435 e. The Hall–Kier alpha value is -2.95. The van der Waals surface area contributed by atoms with E-state index in [9.17, 15) is 35.5 Å². The summed E-state index contributed by atoms with van der Waals surface area (Å²) in [6.45, 7) is 2.52. The number of aryl methyl sites for hydroxylation is 2. The Labute approximate surface area is 206 Å². The number of hydrogen-bond acceptors (Lipinski definition) is 3. The first-order valence-electron chi connectivity index (χ1n) is 10.8. The van der Waals surface area contributed by atoms with Crippen LogP contribution in [0.3, 0.4) is 0 Å². The Kier molecular flexibility index (Phi) is 6.43. The maximum absolute atomic E-state index is 14.6. The molecule has 0 N–H and O–H groups in total. The van der Waals surface area contributed by atoms with E-state index in [4.69, 9.17) is 11.6 Å². The second-order valence-electron chi connectivity index (χ2n) is 8.92. The van der Waals surface area contributed by atoms with Gasteiger partial charge in [-0.2, -0.15) is 26.3 Å². The van der Waals surface area contributed by atoms with Gasteiger partial charge in [0.05, 0.1) is 16.9 Å². The number of nitrogens with zero attached hydrogens (tertiary/aromatic N) is 3. The third-order valence-electron chi connectivity index (χ3n) is 6.15. The molecule has 0 unspecified atom stereocenters. The average Bonchev–Trinajstić information content (AvgIpc) is 3.44. The zero-order valence-corrected chi connectivity index (χ0v) is 19.7. The predicted molar refractivity (Wildman–Crippen MR) is 118 cm³/mol. The lowest BCUT2D eigenvalue weighted by Crippen LogP contribution is -2.50. The fraction of sp³-hybridized carbons (Fsp3) is 0.375. The van der Waals surface area contributed by atoms with E-state index in [0.717, 1.165) is 12.8 Å². The van der Waals surface area contributed by atoms with Crippen LogP contribution in [0.5, 0.6) is 0 Å². The summed E-state index contributed by atoms with van der Waals surface area (Å²) < 4.78 is 95.1. The van der Waals surface area contributed by atoms with E-state index in [-0.39, 0.29) is 33.2 Å². The Bertz CT molecular complexity index is 1290. The Balaban J connectivity index is 1.71. The minimum Gasteiger partial charge on any atom is -0.294 e. The molecule has 4 rings (SSSR count). The third kappa shape index (κ3) is 4.60. The highest BCUT2D eigenvalue weighted by atomic mass is 35.5. The lowest BCUT2D eigenvalue weighted by atomic mass is 9.88. The van der Waals surface area contributed by atoms with E-state index in [0.29, 0.717) is 35.7 Å². The summed E-state index contributed by atoms with van der Waals surface area (Å²) in [7, 11) is 0. The molecule has 0 amide bonds. The Morgan fingerprint density at radius 3 is 2.11 bits per heavy atom. The first-order chi connectivity index (χ1) is 16.6. The number of halogens is 8. The monoisotopic (exact) mass is 533 g/mol. The van der Waals surface area contributed by atoms with Crippen LogP contribution in [0.4, 0.5) is 30.7 Å². The van der Waals surface area contributed by atoms with Crippen molar-refractivity contribution in [2.75, 3.05) is 0 Å². The van der Waals surface area contributed by atoms with E-state index >= 15 is 0 Å². The molecule has 1 saturated carbocycles. The molecule has 1 heterocycles. The lowest BCUT2D eigenvalue weighted by molar-refractivity contribution is -0.348. The second kappa shape index (κ2) is 8.86. The molecule has 4 nitrogen and oxygen atoms in total. The molecule has 1 aromatic heterocycles. The lowest BCUT2D eigenvalue weighted by Gasteiger charge is -2.31. The van der Waals surface area contributed by atoms with Gasteiger partial charge in [0.2, 0.25) is 0 Å². The number of rotatable bonds is 6. The van der Waals surface area contributed by atoms with Crippen LogP contribution in [0.2, 0.25) is 5.02 Å². The smallest absolute Gasteiger partial charge is 0.294 e. The Morgan fingerprint density at radius 1 is 1.00 bits per heavy atom. The molecule has 0 saturated heterocycles. The molecular weight excluding hydrogens is 515 g/mol. The highest BCUT2D eigenvalue weighted by molar-refractivity contribution is 6.34. The topological polar surface area (TPSA) is 47.8 Å². The van der Waals surface area contributed by atoms with Crippen LogP contribution in [-0.2, 0) is 5.67 Å². The molecule has 3 aromatic rings. The van der Waals surface area contributed by atoms with Crippen molar-refractivity contribution in [2.45, 2.75) is 51.1 Å². The number of ketones is 1. The molecule has 0 atom stereocenters. The van der Waals surface area contributed by atoms with E-state index in [1.165, 1.54) is 30.8 Å². The van der Waals surface area contributed by atoms with Crippen molar-refractivity contribution in [1.82, 2.24) is 15.0 Å². The van der Waals surface area contributed by atoms with Gasteiger partial charge in [0.25, 0.3) is 0 Å². The zero-order chi connectivity index (χ0) is 26.6. The average molecular weight is 534 g/mol. The fourth-order valence-electron chi connectivity index (χ4n) is 4.12. The van der Waals surface area contributed by atoms with Crippen molar-refractivity contribution in [3.8, 4) is 16.9 Å². The number of benzene rings is 2. The van der Waals surface area contributed by atoms with Gasteiger partial charge in [-0.15, -0.1) is 5.10 Å². The summed E-state index contributed by atoms with van der Waals surface area (Å²) >= 11 is 6.18. The van der Waals surface area contributed by atoms with Crippen LogP contribution in [0, 0.1) is 19.8 Å². The highest BCUT2D eigenvalue weighted by Crippen LogP contribution is 2.54. The number of carbonyl (C=O) groups is 1. The summed E-state index contributed by atoms with van der Waals surface area (Å²) in [4.78, 5) is 12.5. The number of aromatic nitrogens is 3.